The van der Waals surface area contributed by atoms with Gasteiger partial charge >= 0.3 is 5.97 Å². The van der Waals surface area contributed by atoms with Gasteiger partial charge < -0.3 is 15.0 Å². The average molecular weight is 338 g/mol. The predicted octanol–water partition coefficient (Wildman–Crippen LogP) is 1.71. The van der Waals surface area contributed by atoms with E-state index < -0.39 is 0 Å². The van der Waals surface area contributed by atoms with Crippen LogP contribution in [0, 0.1) is 5.92 Å². The van der Waals surface area contributed by atoms with Crippen molar-refractivity contribution in [2.24, 2.45) is 10.9 Å². The number of carbonyl (C=O) groups excluding carboxylic acids is 1. The van der Waals surface area contributed by atoms with Gasteiger partial charge in [0.2, 0.25) is 0 Å². The molecule has 2 aliphatic rings. The highest BCUT2D eigenvalue weighted by Crippen LogP contribution is 2.26. The molecule has 1 unspecified atom stereocenters. The molecule has 1 saturated heterocycles. The lowest BCUT2D eigenvalue weighted by Gasteiger charge is -2.34. The Kier molecular flexibility index (Phi) is 7.82. The van der Waals surface area contributed by atoms with Crippen molar-refractivity contribution in [2.45, 2.75) is 52.5 Å². The summed E-state index contributed by atoms with van der Waals surface area (Å²) >= 11 is 0. The molecule has 1 heterocycles. The first kappa shape index (κ1) is 19.0. The topological polar surface area (TPSA) is 57.2 Å². The summed E-state index contributed by atoms with van der Waals surface area (Å²) in [5.41, 5.74) is 0. The fourth-order valence-electron chi connectivity index (χ4n) is 3.37. The monoisotopic (exact) mass is 338 g/mol. The molecular formula is C18H34N4O2. The predicted molar refractivity (Wildman–Crippen MR) is 97.2 cm³/mol. The molecule has 2 fully saturated rings. The van der Waals surface area contributed by atoms with Gasteiger partial charge in [0.25, 0.3) is 0 Å². The number of hydrogen-bond acceptors (Lipinski definition) is 4. The molecule has 1 atom stereocenters. The molecule has 6 heteroatoms. The van der Waals surface area contributed by atoms with Crippen LogP contribution in [0.25, 0.3) is 0 Å². The van der Waals surface area contributed by atoms with Gasteiger partial charge in [0.05, 0.1) is 19.1 Å². The molecule has 1 N–H and O–H groups in total. The molecule has 0 bridgehead atoms. The minimum absolute atomic E-state index is 0.0267. The van der Waals surface area contributed by atoms with Crippen LogP contribution in [0.2, 0.25) is 0 Å². The summed E-state index contributed by atoms with van der Waals surface area (Å²) < 4.78 is 5.20. The number of ether oxygens (including phenoxy) is 1. The molecular weight excluding hydrogens is 304 g/mol. The molecule has 0 radical (unpaired) electrons. The lowest BCUT2D eigenvalue weighted by Crippen LogP contribution is -2.48. The van der Waals surface area contributed by atoms with Gasteiger partial charge in [-0.05, 0) is 46.1 Å². The number of rotatable bonds is 8. The Morgan fingerprint density at radius 3 is 2.71 bits per heavy atom. The normalized spacial score (nSPS) is 21.9. The van der Waals surface area contributed by atoms with E-state index in [1.54, 1.807) is 0 Å². The van der Waals surface area contributed by atoms with Gasteiger partial charge in [0.15, 0.2) is 5.96 Å². The third-order valence-electron chi connectivity index (χ3n) is 4.79. The Morgan fingerprint density at radius 1 is 1.29 bits per heavy atom. The number of piperidine rings is 1. The number of carbonyl (C=O) groups is 1. The number of hydrogen-bond donors (Lipinski definition) is 1. The number of guanidine groups is 1. The molecule has 0 spiro atoms. The summed E-state index contributed by atoms with van der Waals surface area (Å²) in [7, 11) is 0. The maximum absolute atomic E-state index is 12.0. The van der Waals surface area contributed by atoms with E-state index in [-0.39, 0.29) is 11.9 Å². The summed E-state index contributed by atoms with van der Waals surface area (Å²) in [6, 6.07) is 0.788. The molecule has 24 heavy (non-hydrogen) atoms. The molecule has 0 aromatic heterocycles. The van der Waals surface area contributed by atoms with E-state index in [0.29, 0.717) is 13.2 Å². The lowest BCUT2D eigenvalue weighted by atomic mass is 9.98. The first-order chi connectivity index (χ1) is 11.7. The molecule has 0 amide bonds. The zero-order valence-electron chi connectivity index (χ0n) is 15.6. The highest BCUT2D eigenvalue weighted by atomic mass is 16.5. The van der Waals surface area contributed by atoms with Gasteiger partial charge in [0.1, 0.15) is 0 Å². The van der Waals surface area contributed by atoms with Gasteiger partial charge in [-0.2, -0.15) is 0 Å². The third kappa shape index (κ3) is 5.65. The van der Waals surface area contributed by atoms with Crippen LogP contribution in [0.5, 0.6) is 0 Å². The van der Waals surface area contributed by atoms with Crippen molar-refractivity contribution >= 4 is 11.9 Å². The van der Waals surface area contributed by atoms with Crippen molar-refractivity contribution in [3.8, 4) is 0 Å². The second-order valence-corrected chi connectivity index (χ2v) is 6.63. The molecule has 6 nitrogen and oxygen atoms in total. The van der Waals surface area contributed by atoms with E-state index in [2.05, 4.69) is 29.0 Å². The second-order valence-electron chi connectivity index (χ2n) is 6.63. The number of aliphatic imine (C=N–C) groups is 1. The van der Waals surface area contributed by atoms with Crippen LogP contribution in [0.1, 0.15) is 46.5 Å². The lowest BCUT2D eigenvalue weighted by molar-refractivity contribution is -0.149. The van der Waals surface area contributed by atoms with Crippen molar-refractivity contribution in [1.29, 1.82) is 0 Å². The first-order valence-electron chi connectivity index (χ1n) is 9.63. The smallest absolute Gasteiger partial charge is 0.310 e. The molecule has 1 aliphatic carbocycles. The number of nitrogens with one attached hydrogen (secondary N) is 1. The zero-order valence-corrected chi connectivity index (χ0v) is 15.6. The van der Waals surface area contributed by atoms with E-state index in [1.165, 1.54) is 12.8 Å². The van der Waals surface area contributed by atoms with Gasteiger partial charge in [-0.3, -0.25) is 14.7 Å². The molecule has 1 saturated carbocycles. The van der Waals surface area contributed by atoms with Crippen LogP contribution >= 0.6 is 0 Å². The minimum atomic E-state index is -0.0658. The van der Waals surface area contributed by atoms with Crippen molar-refractivity contribution in [3.63, 3.8) is 0 Å². The Balaban J connectivity index is 1.89. The van der Waals surface area contributed by atoms with E-state index in [9.17, 15) is 4.79 Å². The fraction of sp³-hybridized carbons (Fsp3) is 0.889. The van der Waals surface area contributed by atoms with Gasteiger partial charge in [-0.15, -0.1) is 0 Å². The standard InChI is InChI=1S/C18H34N4O2/c1-4-19-18(20-11-13-21(5-2)16-9-10-16)22-12-7-8-15(14-22)17(23)24-6-3/h15-16H,4-14H2,1-3H3,(H,19,20). The molecule has 2 rings (SSSR count). The molecule has 138 valence electrons. The summed E-state index contributed by atoms with van der Waals surface area (Å²) in [5.74, 6) is 0.850. The maximum atomic E-state index is 12.0. The summed E-state index contributed by atoms with van der Waals surface area (Å²) in [4.78, 5) is 21.6. The van der Waals surface area contributed by atoms with E-state index in [4.69, 9.17) is 9.73 Å². The first-order valence-corrected chi connectivity index (χ1v) is 9.63. The van der Waals surface area contributed by atoms with E-state index >= 15 is 0 Å². The number of nitrogens with zero attached hydrogens (tertiary/aromatic N) is 3. The van der Waals surface area contributed by atoms with Gasteiger partial charge in [-0.25, -0.2) is 0 Å². The van der Waals surface area contributed by atoms with Crippen LogP contribution in [-0.2, 0) is 9.53 Å². The highest BCUT2D eigenvalue weighted by molar-refractivity contribution is 5.81. The van der Waals surface area contributed by atoms with Crippen molar-refractivity contribution in [1.82, 2.24) is 15.1 Å². The molecule has 1 aliphatic heterocycles. The molecule has 0 aromatic rings. The molecule has 0 aromatic carbocycles. The van der Waals surface area contributed by atoms with Crippen molar-refractivity contribution in [3.05, 3.63) is 0 Å². The van der Waals surface area contributed by atoms with Crippen LogP contribution in [-0.4, -0.2) is 73.6 Å². The second kappa shape index (κ2) is 9.87. The Morgan fingerprint density at radius 2 is 2.08 bits per heavy atom. The fourth-order valence-corrected chi connectivity index (χ4v) is 3.37. The summed E-state index contributed by atoms with van der Waals surface area (Å²) in [5, 5.41) is 3.39. The van der Waals surface area contributed by atoms with E-state index in [1.807, 2.05) is 6.92 Å². The van der Waals surface area contributed by atoms with E-state index in [0.717, 1.165) is 57.6 Å². The minimum Gasteiger partial charge on any atom is -0.466 e. The number of likely N-dealkylation sites (tertiary alicyclic amines) is 1. The SMILES string of the molecule is CCNC(=NCCN(CC)C1CC1)N1CCCC(C(=O)OCC)C1. The van der Waals surface area contributed by atoms with Crippen molar-refractivity contribution < 1.29 is 9.53 Å². The quantitative estimate of drug-likeness (QED) is 0.415. The average Bonchev–Trinajstić information content (AvgIpc) is 3.43. The zero-order chi connectivity index (χ0) is 17.4. The highest BCUT2D eigenvalue weighted by Gasteiger charge is 2.29. The summed E-state index contributed by atoms with van der Waals surface area (Å²) in [6.07, 6.45) is 4.60. The van der Waals surface area contributed by atoms with Crippen LogP contribution in [0.4, 0.5) is 0 Å². The Labute approximate surface area is 146 Å². The van der Waals surface area contributed by atoms with Gasteiger partial charge in [0, 0.05) is 32.2 Å². The van der Waals surface area contributed by atoms with Crippen LogP contribution < -0.4 is 5.32 Å². The largest absolute Gasteiger partial charge is 0.466 e. The van der Waals surface area contributed by atoms with Crippen LogP contribution in [0.15, 0.2) is 4.99 Å². The third-order valence-corrected chi connectivity index (χ3v) is 4.79. The number of esters is 1. The summed E-state index contributed by atoms with van der Waals surface area (Å²) in [6.45, 7) is 12.1. The van der Waals surface area contributed by atoms with Crippen molar-refractivity contribution in [2.75, 3.05) is 45.9 Å². The Hall–Kier alpha value is -1.30. The Bertz CT molecular complexity index is 423. The number of likely N-dealkylation sites (N-methyl/N-ethyl adjacent to an activating group) is 1. The maximum Gasteiger partial charge on any atom is 0.310 e. The van der Waals surface area contributed by atoms with Crippen LogP contribution in [0.3, 0.4) is 0 Å². The van der Waals surface area contributed by atoms with Gasteiger partial charge in [-0.1, -0.05) is 6.92 Å².